The van der Waals surface area contributed by atoms with Gasteiger partial charge in [0.25, 0.3) is 0 Å². The molecule has 0 spiro atoms. The third-order valence-corrected chi connectivity index (χ3v) is 4.87. The molecule has 0 bridgehead atoms. The Kier molecular flexibility index (Phi) is 8.75. The van der Waals surface area contributed by atoms with Crippen LogP contribution in [0.25, 0.3) is 0 Å². The minimum Gasteiger partial charge on any atom is -0.457 e. The first kappa shape index (κ1) is 27.5. The van der Waals surface area contributed by atoms with Gasteiger partial charge in [0.1, 0.15) is 17.1 Å². The summed E-state index contributed by atoms with van der Waals surface area (Å²) in [6.07, 6.45) is -2.94. The van der Waals surface area contributed by atoms with E-state index in [1.807, 2.05) is 0 Å². The normalized spacial score (nSPS) is 11.5. The largest absolute Gasteiger partial charge is 0.457 e. The summed E-state index contributed by atoms with van der Waals surface area (Å²) < 4.78 is 49.5. The van der Waals surface area contributed by atoms with Crippen LogP contribution in [0.1, 0.15) is 44.0 Å². The third-order valence-electron chi connectivity index (χ3n) is 4.87. The number of rotatable bonds is 8. The monoisotopic (exact) mass is 515 g/mol. The van der Waals surface area contributed by atoms with Gasteiger partial charge in [-0.1, -0.05) is 18.2 Å². The highest BCUT2D eigenvalue weighted by Crippen LogP contribution is 2.30. The van der Waals surface area contributed by atoms with Gasteiger partial charge in [0, 0.05) is 24.4 Å². The second kappa shape index (κ2) is 11.8. The average molecular weight is 516 g/mol. The third kappa shape index (κ3) is 9.47. The number of pyridine rings is 1. The lowest BCUT2D eigenvalue weighted by molar-refractivity contribution is -0.137. The minimum absolute atomic E-state index is 0.0987. The molecule has 0 atom stereocenters. The molecule has 2 N–H and O–H groups in total. The Morgan fingerprint density at radius 3 is 2.35 bits per heavy atom. The molecule has 1 aromatic heterocycles. The van der Waals surface area contributed by atoms with Crippen molar-refractivity contribution in [2.24, 2.45) is 0 Å². The van der Waals surface area contributed by atoms with Gasteiger partial charge in [0.05, 0.1) is 17.8 Å². The molecule has 0 unspecified atom stereocenters. The summed E-state index contributed by atoms with van der Waals surface area (Å²) in [7, 11) is 0. The lowest BCUT2D eigenvalue weighted by Crippen LogP contribution is -2.32. The maximum atomic E-state index is 12.8. The summed E-state index contributed by atoms with van der Waals surface area (Å²) in [5.41, 5.74) is 0.138. The number of hydrogen-bond acceptors (Lipinski definition) is 5. The van der Waals surface area contributed by atoms with Crippen molar-refractivity contribution in [3.05, 3.63) is 83.7 Å². The van der Waals surface area contributed by atoms with Crippen LogP contribution in [0.3, 0.4) is 0 Å². The molecule has 0 radical (unpaired) electrons. The molecule has 37 heavy (non-hydrogen) atoms. The predicted molar refractivity (Wildman–Crippen MR) is 132 cm³/mol. The highest BCUT2D eigenvalue weighted by molar-refractivity contribution is 5.90. The molecule has 0 aliphatic rings. The van der Waals surface area contributed by atoms with Crippen molar-refractivity contribution < 1.29 is 32.2 Å². The molecule has 0 saturated carbocycles. The zero-order valence-electron chi connectivity index (χ0n) is 20.7. The van der Waals surface area contributed by atoms with Gasteiger partial charge in [-0.3, -0.25) is 9.78 Å². The number of carbonyl (C=O) groups excluding carboxylic acids is 2. The molecule has 0 aliphatic carbocycles. The maximum absolute atomic E-state index is 12.8. The number of anilines is 1. The van der Waals surface area contributed by atoms with Crippen LogP contribution in [-0.4, -0.2) is 22.6 Å². The van der Waals surface area contributed by atoms with Crippen LogP contribution in [0.15, 0.2) is 66.9 Å². The summed E-state index contributed by atoms with van der Waals surface area (Å²) in [6, 6.07) is 15.0. The van der Waals surface area contributed by atoms with E-state index in [0.717, 1.165) is 17.7 Å². The van der Waals surface area contributed by atoms with E-state index in [2.05, 4.69) is 15.6 Å². The zero-order chi connectivity index (χ0) is 27.1. The van der Waals surface area contributed by atoms with E-state index in [0.29, 0.717) is 23.6 Å². The van der Waals surface area contributed by atoms with Crippen LogP contribution in [0.5, 0.6) is 11.5 Å². The van der Waals surface area contributed by atoms with Crippen LogP contribution < -0.4 is 15.4 Å². The van der Waals surface area contributed by atoms with Gasteiger partial charge in [-0.2, -0.15) is 13.2 Å². The number of alkyl carbamates (subject to hydrolysis) is 1. The number of aryl methyl sites for hydroxylation is 1. The number of carbonyl (C=O) groups is 2. The van der Waals surface area contributed by atoms with E-state index < -0.39 is 23.4 Å². The van der Waals surface area contributed by atoms with Crippen LogP contribution in [0, 0.1) is 0 Å². The van der Waals surface area contributed by atoms with Crippen molar-refractivity contribution in [2.75, 3.05) is 5.32 Å². The van der Waals surface area contributed by atoms with E-state index >= 15 is 0 Å². The molecule has 0 aliphatic heterocycles. The van der Waals surface area contributed by atoms with Crippen molar-refractivity contribution >= 4 is 17.7 Å². The fourth-order valence-corrected chi connectivity index (χ4v) is 3.21. The summed E-state index contributed by atoms with van der Waals surface area (Å²) in [6.45, 7) is 5.51. The number of amides is 2. The summed E-state index contributed by atoms with van der Waals surface area (Å²) >= 11 is 0. The highest BCUT2D eigenvalue weighted by atomic mass is 19.4. The SMILES string of the molecule is CC(C)(C)OC(=O)NCc1cc(Oc2ccc(CCC(=O)Nc3cccc(C(F)(F)F)c3)cc2)ccn1. The molecule has 7 nitrogen and oxygen atoms in total. The summed E-state index contributed by atoms with van der Waals surface area (Å²) in [5.74, 6) is 0.711. The number of nitrogens with one attached hydrogen (secondary N) is 2. The van der Waals surface area contributed by atoms with Crippen molar-refractivity contribution in [3.63, 3.8) is 0 Å². The number of halogens is 3. The van der Waals surface area contributed by atoms with E-state index in [-0.39, 0.29) is 24.6 Å². The van der Waals surface area contributed by atoms with Crippen molar-refractivity contribution in [2.45, 2.75) is 51.9 Å². The van der Waals surface area contributed by atoms with E-state index in [4.69, 9.17) is 9.47 Å². The molecule has 0 saturated heterocycles. The number of alkyl halides is 3. The van der Waals surface area contributed by atoms with Gasteiger partial charge in [0.2, 0.25) is 5.91 Å². The second-order valence-electron chi connectivity index (χ2n) is 9.21. The second-order valence-corrected chi connectivity index (χ2v) is 9.21. The minimum atomic E-state index is -4.47. The van der Waals surface area contributed by atoms with Gasteiger partial charge >= 0.3 is 12.3 Å². The van der Waals surface area contributed by atoms with Crippen molar-refractivity contribution in [3.8, 4) is 11.5 Å². The highest BCUT2D eigenvalue weighted by Gasteiger charge is 2.30. The topological polar surface area (TPSA) is 89.5 Å². The number of nitrogens with zero attached hydrogens (tertiary/aromatic N) is 1. The lowest BCUT2D eigenvalue weighted by atomic mass is 10.1. The molecule has 196 valence electrons. The van der Waals surface area contributed by atoms with E-state index in [9.17, 15) is 22.8 Å². The molecule has 2 aromatic carbocycles. The Balaban J connectivity index is 1.49. The molecule has 2 amide bonds. The molecule has 3 aromatic rings. The first-order valence-corrected chi connectivity index (χ1v) is 11.5. The van der Waals surface area contributed by atoms with Crippen molar-refractivity contribution in [1.29, 1.82) is 0 Å². The van der Waals surface area contributed by atoms with Crippen molar-refractivity contribution in [1.82, 2.24) is 10.3 Å². The number of hydrogen-bond donors (Lipinski definition) is 2. The Bertz CT molecular complexity index is 1220. The maximum Gasteiger partial charge on any atom is 0.416 e. The molecular weight excluding hydrogens is 487 g/mol. The molecule has 1 heterocycles. The van der Waals surface area contributed by atoms with Gasteiger partial charge in [-0.05, 0) is 69.2 Å². The molecule has 10 heteroatoms. The van der Waals surface area contributed by atoms with Crippen LogP contribution >= 0.6 is 0 Å². The number of aromatic nitrogens is 1. The zero-order valence-corrected chi connectivity index (χ0v) is 20.7. The lowest BCUT2D eigenvalue weighted by Gasteiger charge is -2.19. The average Bonchev–Trinajstić information content (AvgIpc) is 2.81. The quantitative estimate of drug-likeness (QED) is 0.358. The fourth-order valence-electron chi connectivity index (χ4n) is 3.21. The first-order chi connectivity index (χ1) is 17.4. The van der Waals surface area contributed by atoms with Gasteiger partial charge in [-0.25, -0.2) is 4.79 Å². The van der Waals surface area contributed by atoms with Gasteiger partial charge in [-0.15, -0.1) is 0 Å². The number of ether oxygens (including phenoxy) is 2. The van der Waals surface area contributed by atoms with Crippen LogP contribution in [0.4, 0.5) is 23.7 Å². The van der Waals surface area contributed by atoms with E-state index in [1.54, 1.807) is 63.4 Å². The Labute approximate surface area is 213 Å². The Hall–Kier alpha value is -4.08. The van der Waals surface area contributed by atoms with Gasteiger partial charge in [0.15, 0.2) is 0 Å². The summed E-state index contributed by atoms with van der Waals surface area (Å²) in [4.78, 5) is 28.2. The smallest absolute Gasteiger partial charge is 0.416 e. The molecule has 0 fully saturated rings. The summed E-state index contributed by atoms with van der Waals surface area (Å²) in [5, 5.41) is 5.14. The predicted octanol–water partition coefficient (Wildman–Crippen LogP) is 6.49. The van der Waals surface area contributed by atoms with Crippen LogP contribution in [-0.2, 0) is 28.7 Å². The van der Waals surface area contributed by atoms with E-state index in [1.165, 1.54) is 12.1 Å². The number of benzene rings is 2. The van der Waals surface area contributed by atoms with Gasteiger partial charge < -0.3 is 20.1 Å². The molecular formula is C27H28F3N3O4. The standard InChI is InChI=1S/C27H28F3N3O4/c1-26(2,3)37-25(35)32-17-21-16-23(13-14-31-21)36-22-10-7-18(8-11-22)9-12-24(34)33-20-6-4-5-19(15-20)27(28,29)30/h4-8,10-11,13-16H,9,12,17H2,1-3H3,(H,32,35)(H,33,34). The Morgan fingerprint density at radius 2 is 1.68 bits per heavy atom. The van der Waals surface area contributed by atoms with Crippen LogP contribution in [0.2, 0.25) is 0 Å². The fraction of sp³-hybridized carbons (Fsp3) is 0.296. The molecule has 3 rings (SSSR count). The Morgan fingerprint density at radius 1 is 0.946 bits per heavy atom. The first-order valence-electron chi connectivity index (χ1n) is 11.5.